The van der Waals surface area contributed by atoms with Crippen molar-refractivity contribution in [2.24, 2.45) is 0 Å². The van der Waals surface area contributed by atoms with Crippen molar-refractivity contribution in [3.8, 4) is 5.75 Å². The number of phenols is 1. The van der Waals surface area contributed by atoms with Gasteiger partial charge in [-0.2, -0.15) is 0 Å². The molecular weight excluding hydrogens is 240 g/mol. The summed E-state index contributed by atoms with van der Waals surface area (Å²) in [6.45, 7) is 5.66. The number of hydrogen-bond acceptors (Lipinski definition) is 3. The number of phenolic OH excluding ortho intramolecular Hbond substituents is 1. The lowest BCUT2D eigenvalue weighted by Gasteiger charge is -2.13. The highest BCUT2D eigenvalue weighted by Crippen LogP contribution is 2.32. The molecule has 0 bridgehead atoms. The normalized spacial score (nSPS) is 12.4. The molecule has 100 valence electrons. The van der Waals surface area contributed by atoms with E-state index in [2.05, 4.69) is 0 Å². The molecule has 0 saturated heterocycles. The molecule has 0 aliphatic rings. The molecular formula is C16H18O3. The summed E-state index contributed by atoms with van der Waals surface area (Å²) < 4.78 is 4.77. The minimum Gasteiger partial charge on any atom is -0.508 e. The predicted octanol–water partition coefficient (Wildman–Crippen LogP) is 3.44. The van der Waals surface area contributed by atoms with Crippen LogP contribution in [-0.4, -0.2) is 18.2 Å². The van der Waals surface area contributed by atoms with E-state index in [1.54, 1.807) is 6.07 Å². The lowest BCUT2D eigenvalue weighted by Crippen LogP contribution is -2.10. The van der Waals surface area contributed by atoms with Crippen LogP contribution in [0.25, 0.3) is 10.8 Å². The van der Waals surface area contributed by atoms with Gasteiger partial charge in [-0.15, -0.1) is 0 Å². The molecule has 0 aliphatic heterocycles. The van der Waals surface area contributed by atoms with Crippen LogP contribution in [-0.2, 0) is 9.53 Å². The van der Waals surface area contributed by atoms with Crippen molar-refractivity contribution in [2.45, 2.75) is 26.7 Å². The summed E-state index contributed by atoms with van der Waals surface area (Å²) >= 11 is 0. The zero-order valence-electron chi connectivity index (χ0n) is 11.7. The van der Waals surface area contributed by atoms with Crippen molar-refractivity contribution in [3.05, 3.63) is 41.0 Å². The summed E-state index contributed by atoms with van der Waals surface area (Å²) in [4.78, 5) is 11.6. The van der Waals surface area contributed by atoms with E-state index in [1.165, 1.54) is 7.11 Å². The fraction of sp³-hybridized carbons (Fsp3) is 0.312. The Hall–Kier alpha value is -2.03. The third-order valence-electron chi connectivity index (χ3n) is 3.66. The molecule has 0 radical (unpaired) electrons. The van der Waals surface area contributed by atoms with Gasteiger partial charge in [-0.25, -0.2) is 0 Å². The largest absolute Gasteiger partial charge is 0.508 e. The Morgan fingerprint density at radius 3 is 2.53 bits per heavy atom. The van der Waals surface area contributed by atoms with Crippen molar-refractivity contribution >= 4 is 16.7 Å². The van der Waals surface area contributed by atoms with E-state index in [9.17, 15) is 9.90 Å². The topological polar surface area (TPSA) is 46.5 Å². The Kier molecular flexibility index (Phi) is 3.47. The molecule has 2 aromatic rings. The summed E-state index contributed by atoms with van der Waals surface area (Å²) in [6.07, 6.45) is 0. The maximum Gasteiger partial charge on any atom is 0.312 e. The van der Waals surface area contributed by atoms with E-state index in [4.69, 9.17) is 4.74 Å². The number of carbonyl (C=O) groups excluding carboxylic acids is 1. The molecule has 0 aromatic heterocycles. The number of carbonyl (C=O) groups is 1. The quantitative estimate of drug-likeness (QED) is 0.839. The second-order valence-corrected chi connectivity index (χ2v) is 4.89. The molecule has 0 heterocycles. The number of hydrogen-bond donors (Lipinski definition) is 1. The third-order valence-corrected chi connectivity index (χ3v) is 3.66. The Morgan fingerprint density at radius 2 is 1.89 bits per heavy atom. The number of methoxy groups -OCH3 is 1. The van der Waals surface area contributed by atoms with Gasteiger partial charge in [0.25, 0.3) is 0 Å². The van der Waals surface area contributed by atoms with Crippen molar-refractivity contribution < 1.29 is 14.6 Å². The number of aromatic hydroxyl groups is 1. The highest BCUT2D eigenvalue weighted by molar-refractivity contribution is 5.92. The zero-order chi connectivity index (χ0) is 14.2. The first-order chi connectivity index (χ1) is 8.95. The van der Waals surface area contributed by atoms with Crippen LogP contribution in [0.5, 0.6) is 5.75 Å². The zero-order valence-corrected chi connectivity index (χ0v) is 11.7. The van der Waals surface area contributed by atoms with Gasteiger partial charge < -0.3 is 9.84 Å². The first kappa shape index (κ1) is 13.4. The fourth-order valence-corrected chi connectivity index (χ4v) is 2.33. The number of rotatable bonds is 2. The van der Waals surface area contributed by atoms with Gasteiger partial charge in [-0.05, 0) is 60.4 Å². The number of fused-ring (bicyclic) bond motifs is 1. The third kappa shape index (κ3) is 2.28. The molecule has 2 rings (SSSR count). The first-order valence-corrected chi connectivity index (χ1v) is 6.26. The molecule has 0 unspecified atom stereocenters. The summed E-state index contributed by atoms with van der Waals surface area (Å²) in [5, 5.41) is 12.0. The Bertz CT molecular complexity index is 644. The molecule has 3 nitrogen and oxygen atoms in total. The summed E-state index contributed by atoms with van der Waals surface area (Å²) in [7, 11) is 1.39. The van der Waals surface area contributed by atoms with Gasteiger partial charge in [0.05, 0.1) is 13.0 Å². The predicted molar refractivity (Wildman–Crippen MR) is 75.5 cm³/mol. The second-order valence-electron chi connectivity index (χ2n) is 4.89. The van der Waals surface area contributed by atoms with Gasteiger partial charge in [0, 0.05) is 0 Å². The number of ether oxygens (including phenoxy) is 1. The Morgan fingerprint density at radius 1 is 1.21 bits per heavy atom. The fourth-order valence-electron chi connectivity index (χ4n) is 2.33. The molecule has 19 heavy (non-hydrogen) atoms. The molecule has 2 aromatic carbocycles. The van der Waals surface area contributed by atoms with Gasteiger partial charge in [0.1, 0.15) is 5.75 Å². The van der Waals surface area contributed by atoms with Crippen LogP contribution < -0.4 is 0 Å². The number of benzene rings is 2. The number of aryl methyl sites for hydroxylation is 2. The maximum absolute atomic E-state index is 11.6. The molecule has 1 atom stereocenters. The van der Waals surface area contributed by atoms with E-state index in [-0.39, 0.29) is 17.6 Å². The van der Waals surface area contributed by atoms with Gasteiger partial charge >= 0.3 is 5.97 Å². The Balaban J connectivity index is 2.63. The lowest BCUT2D eigenvalue weighted by atomic mass is 9.93. The standard InChI is InChI=1S/C16H18O3/c1-9-7-15(17)11(3)14-8-12(5-6-13(9)14)10(2)16(18)19-4/h5-8,10,17H,1-4H3/t10-/m0/s1. The monoisotopic (exact) mass is 258 g/mol. The van der Waals surface area contributed by atoms with Gasteiger partial charge in [0.2, 0.25) is 0 Å². The molecule has 0 spiro atoms. The Labute approximate surface area is 112 Å². The van der Waals surface area contributed by atoms with Gasteiger partial charge in [-0.3, -0.25) is 4.79 Å². The highest BCUT2D eigenvalue weighted by atomic mass is 16.5. The van der Waals surface area contributed by atoms with Gasteiger partial charge in [0.15, 0.2) is 0 Å². The van der Waals surface area contributed by atoms with E-state index in [0.29, 0.717) is 0 Å². The maximum atomic E-state index is 11.6. The van der Waals surface area contributed by atoms with Gasteiger partial charge in [-0.1, -0.05) is 12.1 Å². The summed E-state index contributed by atoms with van der Waals surface area (Å²) in [6, 6.07) is 7.65. The van der Waals surface area contributed by atoms with Crippen LogP contribution in [0.3, 0.4) is 0 Å². The molecule has 0 saturated carbocycles. The second kappa shape index (κ2) is 4.92. The van der Waals surface area contributed by atoms with E-state index < -0.39 is 0 Å². The average Bonchev–Trinajstić information content (AvgIpc) is 2.42. The van der Waals surface area contributed by atoms with E-state index in [0.717, 1.165) is 27.5 Å². The first-order valence-electron chi connectivity index (χ1n) is 6.26. The SMILES string of the molecule is COC(=O)[C@@H](C)c1ccc2c(C)cc(O)c(C)c2c1. The molecule has 0 fully saturated rings. The molecule has 0 amide bonds. The minimum absolute atomic E-state index is 0.256. The molecule has 3 heteroatoms. The molecule has 1 N–H and O–H groups in total. The van der Waals surface area contributed by atoms with E-state index >= 15 is 0 Å². The summed E-state index contributed by atoms with van der Waals surface area (Å²) in [5.41, 5.74) is 2.75. The van der Waals surface area contributed by atoms with Crippen LogP contribution in [0.1, 0.15) is 29.5 Å². The smallest absolute Gasteiger partial charge is 0.312 e. The van der Waals surface area contributed by atoms with Crippen LogP contribution in [0, 0.1) is 13.8 Å². The van der Waals surface area contributed by atoms with E-state index in [1.807, 2.05) is 39.0 Å². The average molecular weight is 258 g/mol. The van der Waals surface area contributed by atoms with Crippen molar-refractivity contribution in [1.29, 1.82) is 0 Å². The van der Waals surface area contributed by atoms with Crippen molar-refractivity contribution in [3.63, 3.8) is 0 Å². The highest BCUT2D eigenvalue weighted by Gasteiger charge is 2.17. The lowest BCUT2D eigenvalue weighted by molar-refractivity contribution is -0.141. The summed E-state index contributed by atoms with van der Waals surface area (Å²) in [5.74, 6) is -0.279. The minimum atomic E-state index is -0.309. The van der Waals surface area contributed by atoms with Crippen LogP contribution in [0.15, 0.2) is 24.3 Å². The van der Waals surface area contributed by atoms with Crippen LogP contribution in [0.4, 0.5) is 0 Å². The van der Waals surface area contributed by atoms with Crippen LogP contribution >= 0.6 is 0 Å². The van der Waals surface area contributed by atoms with Crippen LogP contribution in [0.2, 0.25) is 0 Å². The number of esters is 1. The molecule has 0 aliphatic carbocycles. The van der Waals surface area contributed by atoms with Crippen molar-refractivity contribution in [2.75, 3.05) is 7.11 Å². The van der Waals surface area contributed by atoms with Crippen molar-refractivity contribution in [1.82, 2.24) is 0 Å².